The summed E-state index contributed by atoms with van der Waals surface area (Å²) in [5, 5.41) is 4.41. The summed E-state index contributed by atoms with van der Waals surface area (Å²) in [6.45, 7) is 4.31. The maximum Gasteiger partial charge on any atom is 0.237 e. The van der Waals surface area contributed by atoms with Gasteiger partial charge >= 0.3 is 0 Å². The molecule has 96 valence electrons. The largest absolute Gasteiger partial charge is 0.368 e. The fourth-order valence-corrected chi connectivity index (χ4v) is 1.94. The number of hydrogen-bond acceptors (Lipinski definition) is 2. The summed E-state index contributed by atoms with van der Waals surface area (Å²) >= 11 is 0. The minimum Gasteiger partial charge on any atom is -0.368 e. The van der Waals surface area contributed by atoms with Crippen LogP contribution in [0.2, 0.25) is 0 Å². The van der Waals surface area contributed by atoms with Gasteiger partial charge in [0.25, 0.3) is 0 Å². The van der Waals surface area contributed by atoms with E-state index in [1.807, 2.05) is 18.3 Å². The van der Waals surface area contributed by atoms with Crippen molar-refractivity contribution in [2.24, 2.45) is 5.73 Å². The Balaban J connectivity index is 2.01. The van der Waals surface area contributed by atoms with Gasteiger partial charge in [0.2, 0.25) is 5.91 Å². The van der Waals surface area contributed by atoms with Crippen molar-refractivity contribution in [3.05, 3.63) is 36.0 Å². The highest BCUT2D eigenvalue weighted by molar-refractivity contribution is 5.84. The molecule has 0 saturated heterocycles. The van der Waals surface area contributed by atoms with E-state index in [1.165, 1.54) is 10.9 Å². The molecule has 0 aliphatic rings. The molecule has 0 aliphatic heterocycles. The molecule has 0 fully saturated rings. The van der Waals surface area contributed by atoms with Crippen molar-refractivity contribution in [3.63, 3.8) is 0 Å². The number of hydrogen-bond donors (Lipinski definition) is 3. The number of para-hydroxylation sites is 1. The van der Waals surface area contributed by atoms with E-state index in [0.717, 1.165) is 18.5 Å². The predicted molar refractivity (Wildman–Crippen MR) is 73.3 cm³/mol. The lowest BCUT2D eigenvalue weighted by Gasteiger charge is -2.22. The molecule has 4 nitrogen and oxygen atoms in total. The predicted octanol–water partition coefficient (Wildman–Crippen LogP) is 1.56. The van der Waals surface area contributed by atoms with Crippen LogP contribution in [-0.4, -0.2) is 23.0 Å². The van der Waals surface area contributed by atoms with Crippen LogP contribution in [0.4, 0.5) is 0 Å². The highest BCUT2D eigenvalue weighted by atomic mass is 16.1. The van der Waals surface area contributed by atoms with Gasteiger partial charge in [-0.2, -0.15) is 0 Å². The lowest BCUT2D eigenvalue weighted by Crippen LogP contribution is -2.51. The van der Waals surface area contributed by atoms with Crippen molar-refractivity contribution in [2.45, 2.75) is 25.8 Å². The lowest BCUT2D eigenvalue weighted by atomic mass is 10.0. The average Bonchev–Trinajstić information content (AvgIpc) is 2.72. The minimum atomic E-state index is -0.661. The van der Waals surface area contributed by atoms with Gasteiger partial charge in [-0.05, 0) is 31.9 Å². The Morgan fingerprint density at radius 2 is 2.11 bits per heavy atom. The molecular formula is C14H19N3O. The summed E-state index contributed by atoms with van der Waals surface area (Å²) in [6, 6.07) is 8.19. The molecule has 1 heterocycles. The Kier molecular flexibility index (Phi) is 3.39. The van der Waals surface area contributed by atoms with Crippen LogP contribution < -0.4 is 11.1 Å². The van der Waals surface area contributed by atoms with E-state index < -0.39 is 5.54 Å². The summed E-state index contributed by atoms with van der Waals surface area (Å²) in [4.78, 5) is 14.4. The third kappa shape index (κ3) is 2.54. The molecule has 4 N–H and O–H groups in total. The minimum absolute atomic E-state index is 0.332. The van der Waals surface area contributed by atoms with E-state index in [-0.39, 0.29) is 5.91 Å². The number of nitrogens with two attached hydrogens (primary N) is 1. The van der Waals surface area contributed by atoms with Gasteiger partial charge in [0.05, 0.1) is 5.54 Å². The van der Waals surface area contributed by atoms with Gasteiger partial charge < -0.3 is 16.0 Å². The monoisotopic (exact) mass is 245 g/mol. The standard InChI is InChI=1S/C14H19N3O/c1-14(2,13(15)18)17-8-7-10-9-16-12-6-4-3-5-11(10)12/h3-6,9,16-17H,7-8H2,1-2H3,(H2,15,18). The number of fused-ring (bicyclic) bond motifs is 1. The van der Waals surface area contributed by atoms with Crippen LogP contribution in [0.3, 0.4) is 0 Å². The first kappa shape index (κ1) is 12.6. The van der Waals surface area contributed by atoms with Gasteiger partial charge in [-0.1, -0.05) is 18.2 Å². The maximum atomic E-state index is 11.2. The van der Waals surface area contributed by atoms with Crippen LogP contribution in [-0.2, 0) is 11.2 Å². The highest BCUT2D eigenvalue weighted by Crippen LogP contribution is 2.17. The Bertz CT molecular complexity index is 557. The zero-order valence-electron chi connectivity index (χ0n) is 10.8. The number of carbonyl (C=O) groups is 1. The first-order valence-electron chi connectivity index (χ1n) is 6.10. The number of aromatic nitrogens is 1. The summed E-state index contributed by atoms with van der Waals surface area (Å²) < 4.78 is 0. The number of aromatic amines is 1. The molecular weight excluding hydrogens is 226 g/mol. The van der Waals surface area contributed by atoms with Crippen LogP contribution in [0.25, 0.3) is 10.9 Å². The van der Waals surface area contributed by atoms with E-state index in [1.54, 1.807) is 13.8 Å². The summed E-state index contributed by atoms with van der Waals surface area (Å²) in [7, 11) is 0. The van der Waals surface area contributed by atoms with Crippen molar-refractivity contribution in [1.29, 1.82) is 0 Å². The second-order valence-electron chi connectivity index (χ2n) is 5.03. The number of benzene rings is 1. The first-order chi connectivity index (χ1) is 8.50. The Morgan fingerprint density at radius 1 is 1.39 bits per heavy atom. The van der Waals surface area contributed by atoms with E-state index >= 15 is 0 Å². The molecule has 0 spiro atoms. The normalized spacial score (nSPS) is 11.9. The zero-order valence-corrected chi connectivity index (χ0v) is 10.8. The molecule has 1 aromatic heterocycles. The molecule has 4 heteroatoms. The molecule has 0 aliphatic carbocycles. The molecule has 18 heavy (non-hydrogen) atoms. The van der Waals surface area contributed by atoms with Gasteiger partial charge in [0.15, 0.2) is 0 Å². The van der Waals surface area contributed by atoms with E-state index in [0.29, 0.717) is 0 Å². The molecule has 0 saturated carbocycles. The lowest BCUT2D eigenvalue weighted by molar-refractivity contribution is -0.123. The van der Waals surface area contributed by atoms with Crippen LogP contribution in [0.15, 0.2) is 30.5 Å². The number of amides is 1. The second kappa shape index (κ2) is 4.82. The number of carbonyl (C=O) groups excluding carboxylic acids is 1. The van der Waals surface area contributed by atoms with Gasteiger partial charge in [0.1, 0.15) is 0 Å². The maximum absolute atomic E-state index is 11.2. The third-order valence-electron chi connectivity index (χ3n) is 3.25. The molecule has 0 unspecified atom stereocenters. The quantitative estimate of drug-likeness (QED) is 0.748. The van der Waals surface area contributed by atoms with Crippen molar-refractivity contribution < 1.29 is 4.79 Å². The van der Waals surface area contributed by atoms with Crippen molar-refractivity contribution >= 4 is 16.8 Å². The summed E-state index contributed by atoms with van der Waals surface area (Å²) in [5.41, 5.74) is 7.04. The second-order valence-corrected chi connectivity index (χ2v) is 5.03. The SMILES string of the molecule is CC(C)(NCCc1c[nH]c2ccccc12)C(N)=O. The fourth-order valence-electron chi connectivity index (χ4n) is 1.94. The van der Waals surface area contributed by atoms with Gasteiger partial charge in [0, 0.05) is 23.6 Å². The first-order valence-corrected chi connectivity index (χ1v) is 6.10. The zero-order chi connectivity index (χ0) is 13.2. The number of H-pyrrole nitrogens is 1. The Labute approximate surface area is 107 Å². The average molecular weight is 245 g/mol. The van der Waals surface area contributed by atoms with Gasteiger partial charge in [-0.25, -0.2) is 0 Å². The molecule has 0 atom stereocenters. The Hall–Kier alpha value is -1.81. The van der Waals surface area contributed by atoms with Crippen LogP contribution in [0.1, 0.15) is 19.4 Å². The Morgan fingerprint density at radius 3 is 2.83 bits per heavy atom. The van der Waals surface area contributed by atoms with Crippen LogP contribution in [0.5, 0.6) is 0 Å². The van der Waals surface area contributed by atoms with E-state index in [2.05, 4.69) is 22.4 Å². The van der Waals surface area contributed by atoms with Gasteiger partial charge in [-0.15, -0.1) is 0 Å². The topological polar surface area (TPSA) is 70.9 Å². The summed E-state index contributed by atoms with van der Waals surface area (Å²) in [6.07, 6.45) is 2.88. The number of nitrogens with one attached hydrogen (secondary N) is 2. The van der Waals surface area contributed by atoms with Crippen LogP contribution in [0, 0.1) is 0 Å². The van der Waals surface area contributed by atoms with Crippen molar-refractivity contribution in [3.8, 4) is 0 Å². The van der Waals surface area contributed by atoms with E-state index in [4.69, 9.17) is 5.73 Å². The highest BCUT2D eigenvalue weighted by Gasteiger charge is 2.23. The summed E-state index contributed by atoms with van der Waals surface area (Å²) in [5.74, 6) is -0.332. The van der Waals surface area contributed by atoms with Gasteiger partial charge in [-0.3, -0.25) is 4.79 Å². The molecule has 0 bridgehead atoms. The van der Waals surface area contributed by atoms with Crippen LogP contribution >= 0.6 is 0 Å². The third-order valence-corrected chi connectivity index (χ3v) is 3.25. The van der Waals surface area contributed by atoms with Crippen molar-refractivity contribution in [1.82, 2.24) is 10.3 Å². The van der Waals surface area contributed by atoms with E-state index in [9.17, 15) is 4.79 Å². The van der Waals surface area contributed by atoms with Crippen molar-refractivity contribution in [2.75, 3.05) is 6.54 Å². The molecule has 2 rings (SSSR count). The molecule has 0 radical (unpaired) electrons. The number of rotatable bonds is 5. The molecule has 2 aromatic rings. The smallest absolute Gasteiger partial charge is 0.237 e. The number of primary amides is 1. The fraction of sp³-hybridized carbons (Fsp3) is 0.357. The molecule has 1 aromatic carbocycles. The molecule has 1 amide bonds.